The van der Waals surface area contributed by atoms with Crippen LogP contribution in [0, 0.1) is 17.2 Å². The summed E-state index contributed by atoms with van der Waals surface area (Å²) in [6.45, 7) is 5.10. The predicted molar refractivity (Wildman–Crippen MR) is 109 cm³/mol. The van der Waals surface area contributed by atoms with Gasteiger partial charge in [-0.2, -0.15) is 5.26 Å². The van der Waals surface area contributed by atoms with Crippen molar-refractivity contribution in [3.8, 4) is 6.07 Å². The summed E-state index contributed by atoms with van der Waals surface area (Å²) in [5, 5.41) is 13.8. The lowest BCUT2D eigenvalue weighted by molar-refractivity contribution is 0.436. The fraction of sp³-hybridized carbons (Fsp3) is 0.318. The quantitative estimate of drug-likeness (QED) is 0.752. The van der Waals surface area contributed by atoms with Crippen LogP contribution in [0.2, 0.25) is 0 Å². The molecule has 0 bridgehead atoms. The molecule has 1 aliphatic rings. The lowest BCUT2D eigenvalue weighted by atomic mass is 9.99. The molecular weight excluding hydrogens is 334 g/mol. The minimum atomic E-state index is 0.556. The van der Waals surface area contributed by atoms with Gasteiger partial charge in [-0.05, 0) is 36.5 Å². The largest absolute Gasteiger partial charge is 0.379 e. The molecule has 4 rings (SSSR count). The van der Waals surface area contributed by atoms with Crippen LogP contribution in [0.4, 0.5) is 11.5 Å². The van der Waals surface area contributed by atoms with Crippen LogP contribution in [0.3, 0.4) is 0 Å². The highest BCUT2D eigenvalue weighted by Gasteiger charge is 2.16. The van der Waals surface area contributed by atoms with Crippen LogP contribution in [0.5, 0.6) is 0 Å². The van der Waals surface area contributed by atoms with Gasteiger partial charge in [0, 0.05) is 37.4 Å². The molecule has 1 N–H and O–H groups in total. The molecule has 1 saturated heterocycles. The van der Waals surface area contributed by atoms with E-state index in [4.69, 9.17) is 0 Å². The minimum Gasteiger partial charge on any atom is -0.379 e. The van der Waals surface area contributed by atoms with Gasteiger partial charge in [0.25, 0.3) is 0 Å². The molecule has 136 valence electrons. The molecule has 0 unspecified atom stereocenters. The van der Waals surface area contributed by atoms with Crippen molar-refractivity contribution >= 4 is 22.4 Å². The maximum Gasteiger partial charge on any atom is 0.128 e. The number of anilines is 2. The lowest BCUT2D eigenvalue weighted by Gasteiger charge is -2.31. The van der Waals surface area contributed by atoms with Crippen molar-refractivity contribution in [2.75, 3.05) is 23.3 Å². The van der Waals surface area contributed by atoms with Crippen molar-refractivity contribution in [2.45, 2.75) is 26.3 Å². The number of aromatic nitrogens is 2. The number of hydrogen-bond acceptors (Lipinski definition) is 5. The SMILES string of the molecule is CC1CCN(c2ccc(CNc3c(C#N)cnc4ccccc34)cn2)CC1. The third-order valence-electron chi connectivity index (χ3n) is 5.28. The van der Waals surface area contributed by atoms with Crippen LogP contribution in [-0.2, 0) is 6.54 Å². The second-order valence-electron chi connectivity index (χ2n) is 7.22. The molecule has 27 heavy (non-hydrogen) atoms. The smallest absolute Gasteiger partial charge is 0.128 e. The second-order valence-corrected chi connectivity index (χ2v) is 7.22. The minimum absolute atomic E-state index is 0.556. The summed E-state index contributed by atoms with van der Waals surface area (Å²) in [6.07, 6.45) is 6.02. The van der Waals surface area contributed by atoms with Crippen molar-refractivity contribution in [1.29, 1.82) is 5.26 Å². The topological polar surface area (TPSA) is 64.8 Å². The molecule has 0 amide bonds. The van der Waals surface area contributed by atoms with Crippen LogP contribution in [0.25, 0.3) is 10.9 Å². The Balaban J connectivity index is 1.49. The van der Waals surface area contributed by atoms with E-state index in [9.17, 15) is 5.26 Å². The van der Waals surface area contributed by atoms with Crippen molar-refractivity contribution in [2.24, 2.45) is 5.92 Å². The molecule has 3 heterocycles. The normalized spacial score (nSPS) is 14.9. The van der Waals surface area contributed by atoms with Gasteiger partial charge >= 0.3 is 0 Å². The molecule has 0 aliphatic carbocycles. The van der Waals surface area contributed by atoms with E-state index < -0.39 is 0 Å². The van der Waals surface area contributed by atoms with E-state index in [2.05, 4.69) is 45.3 Å². The summed E-state index contributed by atoms with van der Waals surface area (Å²) >= 11 is 0. The fourth-order valence-corrected chi connectivity index (χ4v) is 3.55. The monoisotopic (exact) mass is 357 g/mol. The molecule has 0 atom stereocenters. The van der Waals surface area contributed by atoms with Gasteiger partial charge in [-0.25, -0.2) is 4.98 Å². The van der Waals surface area contributed by atoms with Gasteiger partial charge in [0.2, 0.25) is 0 Å². The van der Waals surface area contributed by atoms with E-state index in [0.29, 0.717) is 12.1 Å². The molecular formula is C22H23N5. The Morgan fingerprint density at radius 3 is 2.67 bits per heavy atom. The van der Waals surface area contributed by atoms with Gasteiger partial charge in [-0.3, -0.25) is 4.98 Å². The van der Waals surface area contributed by atoms with Crippen LogP contribution in [0.1, 0.15) is 30.9 Å². The van der Waals surface area contributed by atoms with Gasteiger partial charge in [0.15, 0.2) is 0 Å². The van der Waals surface area contributed by atoms with E-state index >= 15 is 0 Å². The molecule has 5 heteroatoms. The number of piperidine rings is 1. The fourth-order valence-electron chi connectivity index (χ4n) is 3.55. The first-order valence-electron chi connectivity index (χ1n) is 9.46. The number of rotatable bonds is 4. The highest BCUT2D eigenvalue weighted by Crippen LogP contribution is 2.26. The van der Waals surface area contributed by atoms with E-state index in [1.165, 1.54) is 12.8 Å². The van der Waals surface area contributed by atoms with Crippen LogP contribution in [0.15, 0.2) is 48.8 Å². The van der Waals surface area contributed by atoms with Gasteiger partial charge in [-0.15, -0.1) is 0 Å². The van der Waals surface area contributed by atoms with Crippen LogP contribution in [-0.4, -0.2) is 23.1 Å². The van der Waals surface area contributed by atoms with E-state index in [-0.39, 0.29) is 0 Å². The Morgan fingerprint density at radius 2 is 1.93 bits per heavy atom. The highest BCUT2D eigenvalue weighted by atomic mass is 15.2. The summed E-state index contributed by atoms with van der Waals surface area (Å²) in [4.78, 5) is 11.4. The summed E-state index contributed by atoms with van der Waals surface area (Å²) in [6, 6.07) is 14.3. The zero-order chi connectivity index (χ0) is 18.6. The van der Waals surface area contributed by atoms with E-state index in [0.717, 1.165) is 47.0 Å². The maximum absolute atomic E-state index is 9.43. The summed E-state index contributed by atoms with van der Waals surface area (Å²) in [7, 11) is 0. The van der Waals surface area contributed by atoms with Crippen LogP contribution >= 0.6 is 0 Å². The summed E-state index contributed by atoms with van der Waals surface area (Å²) in [5.41, 5.74) is 3.36. The number of nitriles is 1. The van der Waals surface area contributed by atoms with Crippen molar-refractivity contribution < 1.29 is 0 Å². The first-order chi connectivity index (χ1) is 13.2. The third kappa shape index (κ3) is 3.70. The first kappa shape index (κ1) is 17.3. The molecule has 0 saturated carbocycles. The zero-order valence-corrected chi connectivity index (χ0v) is 15.5. The molecule has 0 radical (unpaired) electrons. The summed E-state index contributed by atoms with van der Waals surface area (Å²) < 4.78 is 0. The number of hydrogen-bond donors (Lipinski definition) is 1. The average molecular weight is 357 g/mol. The average Bonchev–Trinajstić information content (AvgIpc) is 2.73. The van der Waals surface area contributed by atoms with E-state index in [1.807, 2.05) is 30.5 Å². The Bertz CT molecular complexity index is 966. The standard InChI is InChI=1S/C22H23N5/c1-16-8-10-27(11-9-16)21-7-6-17(13-25-21)14-26-22-18(12-23)15-24-20-5-3-2-4-19(20)22/h2-7,13,15-16H,8-11,14H2,1H3,(H,24,26). The molecule has 1 aromatic carbocycles. The predicted octanol–water partition coefficient (Wildman–Crippen LogP) is 4.35. The Labute approximate surface area is 159 Å². The zero-order valence-electron chi connectivity index (χ0n) is 15.5. The first-order valence-corrected chi connectivity index (χ1v) is 9.46. The van der Waals surface area contributed by atoms with Crippen molar-refractivity contribution in [3.05, 3.63) is 59.9 Å². The number of pyridine rings is 2. The lowest BCUT2D eigenvalue weighted by Crippen LogP contribution is -2.33. The second kappa shape index (κ2) is 7.63. The van der Waals surface area contributed by atoms with Gasteiger partial charge < -0.3 is 10.2 Å². The highest BCUT2D eigenvalue weighted by molar-refractivity contribution is 5.93. The van der Waals surface area contributed by atoms with Gasteiger partial charge in [0.05, 0.1) is 16.8 Å². The Morgan fingerprint density at radius 1 is 1.11 bits per heavy atom. The Hall–Kier alpha value is -3.13. The molecule has 0 spiro atoms. The van der Waals surface area contributed by atoms with E-state index in [1.54, 1.807) is 6.20 Å². The van der Waals surface area contributed by atoms with Crippen molar-refractivity contribution in [1.82, 2.24) is 9.97 Å². The molecule has 5 nitrogen and oxygen atoms in total. The van der Waals surface area contributed by atoms with Crippen LogP contribution < -0.4 is 10.2 Å². The summed E-state index contributed by atoms with van der Waals surface area (Å²) in [5.74, 6) is 1.87. The molecule has 2 aromatic heterocycles. The number of nitrogens with zero attached hydrogens (tertiary/aromatic N) is 4. The number of nitrogens with one attached hydrogen (secondary N) is 1. The Kier molecular flexibility index (Phi) is 4.88. The van der Waals surface area contributed by atoms with Crippen molar-refractivity contribution in [3.63, 3.8) is 0 Å². The number of fused-ring (bicyclic) bond motifs is 1. The van der Waals surface area contributed by atoms with Gasteiger partial charge in [-0.1, -0.05) is 31.2 Å². The molecule has 3 aromatic rings. The number of para-hydroxylation sites is 1. The molecule has 1 fully saturated rings. The number of benzene rings is 1. The molecule has 1 aliphatic heterocycles. The third-order valence-corrected chi connectivity index (χ3v) is 5.28. The maximum atomic E-state index is 9.43. The van der Waals surface area contributed by atoms with Gasteiger partial charge in [0.1, 0.15) is 11.9 Å².